The summed E-state index contributed by atoms with van der Waals surface area (Å²) in [6.45, 7) is 3.14. The quantitative estimate of drug-likeness (QED) is 0.751. The molecule has 13 heavy (non-hydrogen) atoms. The fourth-order valence-corrected chi connectivity index (χ4v) is 3.22. The van der Waals surface area contributed by atoms with Gasteiger partial charge in [0.1, 0.15) is 0 Å². The van der Waals surface area contributed by atoms with E-state index in [0.29, 0.717) is 12.0 Å². The molecule has 0 saturated carbocycles. The summed E-state index contributed by atoms with van der Waals surface area (Å²) in [5.74, 6) is 0.688. The van der Waals surface area contributed by atoms with E-state index in [1.54, 1.807) is 7.11 Å². The summed E-state index contributed by atoms with van der Waals surface area (Å²) in [7, 11) is 1.75. The summed E-state index contributed by atoms with van der Waals surface area (Å²) in [5, 5.41) is 0. The van der Waals surface area contributed by atoms with Gasteiger partial charge in [0, 0.05) is 0 Å². The van der Waals surface area contributed by atoms with Crippen LogP contribution in [0.1, 0.15) is 19.8 Å². The molecule has 2 unspecified atom stereocenters. The van der Waals surface area contributed by atoms with Crippen molar-refractivity contribution >= 4 is 4.08 Å². The Morgan fingerprint density at radius 2 is 2.38 bits per heavy atom. The Morgan fingerprint density at radius 3 is 3.08 bits per heavy atom. The van der Waals surface area contributed by atoms with E-state index in [1.165, 1.54) is 43.3 Å². The van der Waals surface area contributed by atoms with Crippen LogP contribution in [0.25, 0.3) is 0 Å². The first-order chi connectivity index (χ1) is 6.25. The Morgan fingerprint density at radius 1 is 1.62 bits per heavy atom. The average Bonchev–Trinajstić information content (AvgIpc) is 2.17. The molecule has 0 spiro atoms. The molecule has 0 aromatic carbocycles. The van der Waals surface area contributed by atoms with Gasteiger partial charge in [-0.25, -0.2) is 0 Å². The standard InChI is InChI=1S/C10H14O2.W/c1-7-8-4-3-5-12-10(8)9(7)6-11-2;/h8,10H,3-5H2,1-2H3;. The second-order valence-electron chi connectivity index (χ2n) is 3.63. The SMILES string of the molecule is CO[C](=[W])C1=C(C)C2CCCOC12. The molecule has 1 aliphatic heterocycles. The second kappa shape index (κ2) is 3.76. The van der Waals surface area contributed by atoms with Gasteiger partial charge in [-0.05, 0) is 0 Å². The van der Waals surface area contributed by atoms with Crippen LogP contribution < -0.4 is 0 Å². The van der Waals surface area contributed by atoms with Crippen LogP contribution in [0.5, 0.6) is 0 Å². The molecular formula is C10H14O2W. The topological polar surface area (TPSA) is 18.5 Å². The van der Waals surface area contributed by atoms with Gasteiger partial charge in [0.25, 0.3) is 0 Å². The minimum atomic E-state index is 0.362. The van der Waals surface area contributed by atoms with Crippen molar-refractivity contribution in [2.24, 2.45) is 5.92 Å². The summed E-state index contributed by atoms with van der Waals surface area (Å²) in [6, 6.07) is 0. The maximum atomic E-state index is 5.74. The molecule has 1 fully saturated rings. The van der Waals surface area contributed by atoms with Gasteiger partial charge in [0.15, 0.2) is 0 Å². The number of fused-ring (bicyclic) bond motifs is 1. The summed E-state index contributed by atoms with van der Waals surface area (Å²) in [5.41, 5.74) is 2.85. The molecule has 72 valence electrons. The molecule has 0 bridgehead atoms. The normalized spacial score (nSPS) is 32.5. The van der Waals surface area contributed by atoms with Crippen LogP contribution in [0, 0.1) is 5.92 Å². The zero-order valence-electron chi connectivity index (χ0n) is 8.00. The van der Waals surface area contributed by atoms with Crippen molar-refractivity contribution in [2.45, 2.75) is 25.9 Å². The number of hydrogen-bond donors (Lipinski definition) is 0. The summed E-state index contributed by atoms with van der Waals surface area (Å²) in [4.78, 5) is 0. The monoisotopic (exact) mass is 350 g/mol. The van der Waals surface area contributed by atoms with Crippen LogP contribution in [-0.4, -0.2) is 23.9 Å². The first kappa shape index (κ1) is 9.76. The second-order valence-corrected chi connectivity index (χ2v) is 4.96. The third-order valence-electron chi connectivity index (χ3n) is 2.99. The van der Waals surface area contributed by atoms with Gasteiger partial charge < -0.3 is 0 Å². The fourth-order valence-electron chi connectivity index (χ4n) is 2.22. The van der Waals surface area contributed by atoms with Crippen LogP contribution in [-0.2, 0) is 28.8 Å². The third kappa shape index (κ3) is 1.49. The van der Waals surface area contributed by atoms with Gasteiger partial charge >= 0.3 is 89.6 Å². The Kier molecular flexibility index (Phi) is 2.82. The first-order valence-corrected chi connectivity index (χ1v) is 6.13. The number of methoxy groups -OCH3 is 1. The van der Waals surface area contributed by atoms with Crippen molar-refractivity contribution in [2.75, 3.05) is 13.7 Å². The van der Waals surface area contributed by atoms with E-state index in [4.69, 9.17) is 9.47 Å². The predicted molar refractivity (Wildman–Crippen MR) is 47.2 cm³/mol. The van der Waals surface area contributed by atoms with E-state index < -0.39 is 0 Å². The maximum absolute atomic E-state index is 5.74. The van der Waals surface area contributed by atoms with E-state index in [-0.39, 0.29) is 0 Å². The van der Waals surface area contributed by atoms with Crippen molar-refractivity contribution in [3.8, 4) is 0 Å². The molecule has 1 heterocycles. The Hall–Kier alpha value is 0.218. The molecule has 2 nitrogen and oxygen atoms in total. The molecule has 0 N–H and O–H groups in total. The molecule has 2 rings (SSSR count). The molecule has 0 amide bonds. The number of hydrogen-bond acceptors (Lipinski definition) is 2. The predicted octanol–water partition coefficient (Wildman–Crippen LogP) is 1.43. The Balaban J connectivity index is 2.19. The van der Waals surface area contributed by atoms with E-state index in [9.17, 15) is 0 Å². The van der Waals surface area contributed by atoms with Gasteiger partial charge in [-0.3, -0.25) is 0 Å². The van der Waals surface area contributed by atoms with Crippen LogP contribution in [0.4, 0.5) is 0 Å². The molecular weight excluding hydrogens is 336 g/mol. The van der Waals surface area contributed by atoms with Crippen LogP contribution in [0.3, 0.4) is 0 Å². The van der Waals surface area contributed by atoms with Crippen molar-refractivity contribution in [1.82, 2.24) is 0 Å². The van der Waals surface area contributed by atoms with Gasteiger partial charge in [0.05, 0.1) is 0 Å². The van der Waals surface area contributed by atoms with Crippen LogP contribution >= 0.6 is 0 Å². The summed E-state index contributed by atoms with van der Waals surface area (Å²) in [6.07, 6.45) is 2.87. The minimum absolute atomic E-state index is 0.362. The van der Waals surface area contributed by atoms with Crippen LogP contribution in [0.15, 0.2) is 11.1 Å². The molecule has 0 radical (unpaired) electrons. The van der Waals surface area contributed by atoms with E-state index in [0.717, 1.165) is 10.7 Å². The zero-order valence-corrected chi connectivity index (χ0v) is 10.9. The summed E-state index contributed by atoms with van der Waals surface area (Å²) < 4.78 is 12.1. The number of ether oxygens (including phenoxy) is 2. The summed E-state index contributed by atoms with van der Waals surface area (Å²) >= 11 is 1.40. The van der Waals surface area contributed by atoms with Gasteiger partial charge in [-0.2, -0.15) is 0 Å². The third-order valence-corrected chi connectivity index (χ3v) is 4.38. The Bertz CT molecular complexity index is 270. The van der Waals surface area contributed by atoms with Gasteiger partial charge in [-0.15, -0.1) is 0 Å². The van der Waals surface area contributed by atoms with E-state index in [2.05, 4.69) is 6.92 Å². The van der Waals surface area contributed by atoms with E-state index >= 15 is 0 Å². The van der Waals surface area contributed by atoms with Crippen molar-refractivity contribution in [1.29, 1.82) is 0 Å². The van der Waals surface area contributed by atoms with E-state index in [1.807, 2.05) is 0 Å². The number of rotatable bonds is 2. The van der Waals surface area contributed by atoms with Crippen molar-refractivity contribution in [3.05, 3.63) is 11.1 Å². The molecule has 1 aliphatic carbocycles. The van der Waals surface area contributed by atoms with Gasteiger partial charge in [-0.1, -0.05) is 0 Å². The molecule has 1 saturated heterocycles. The molecule has 0 aromatic rings. The molecule has 2 atom stereocenters. The Labute approximate surface area is 89.7 Å². The molecule has 3 heteroatoms. The van der Waals surface area contributed by atoms with Gasteiger partial charge in [0.2, 0.25) is 0 Å². The first-order valence-electron chi connectivity index (χ1n) is 4.66. The average molecular weight is 350 g/mol. The fraction of sp³-hybridized carbons (Fsp3) is 0.700. The zero-order chi connectivity index (χ0) is 9.42. The molecule has 0 aromatic heterocycles. The van der Waals surface area contributed by atoms with Crippen molar-refractivity contribution < 1.29 is 28.8 Å². The van der Waals surface area contributed by atoms with Crippen LogP contribution in [0.2, 0.25) is 0 Å². The van der Waals surface area contributed by atoms with Crippen molar-refractivity contribution in [3.63, 3.8) is 0 Å². The molecule has 2 aliphatic rings.